The van der Waals surface area contributed by atoms with Gasteiger partial charge in [0.1, 0.15) is 0 Å². The minimum Gasteiger partial charge on any atom is -0.276 e. The fraction of sp³-hybridized carbons (Fsp3) is 0.500. The number of hydrogen-bond acceptors (Lipinski definition) is 6. The van der Waals surface area contributed by atoms with Crippen LogP contribution in [0.3, 0.4) is 0 Å². The molecule has 0 saturated heterocycles. The Balaban J connectivity index is 3.19. The second-order valence-corrected chi connectivity index (χ2v) is 12.2. The van der Waals surface area contributed by atoms with Crippen LogP contribution in [0.2, 0.25) is 0 Å². The van der Waals surface area contributed by atoms with Crippen molar-refractivity contribution in [3.8, 4) is 0 Å². The van der Waals surface area contributed by atoms with Crippen molar-refractivity contribution in [3.63, 3.8) is 0 Å². The zero-order valence-corrected chi connectivity index (χ0v) is 15.8. The third kappa shape index (κ3) is 4.54. The van der Waals surface area contributed by atoms with Gasteiger partial charge in [0.05, 0.1) is 9.82 Å². The number of benzene rings is 1. The summed E-state index contributed by atoms with van der Waals surface area (Å²) in [5.74, 6) is 0. The molecule has 23 heavy (non-hydrogen) atoms. The van der Waals surface area contributed by atoms with Gasteiger partial charge in [-0.05, 0) is 25.6 Å². The van der Waals surface area contributed by atoms with Gasteiger partial charge >= 0.3 is 0 Å². The van der Waals surface area contributed by atoms with E-state index in [1.54, 1.807) is 0 Å². The lowest BCUT2D eigenvalue weighted by Gasteiger charge is -2.28. The summed E-state index contributed by atoms with van der Waals surface area (Å²) in [4.78, 5) is 9.88. The van der Waals surface area contributed by atoms with Crippen LogP contribution in [0.25, 0.3) is 0 Å². The molecule has 2 atom stereocenters. The van der Waals surface area contributed by atoms with Crippen molar-refractivity contribution < 1.29 is 17.9 Å². The fourth-order valence-corrected chi connectivity index (χ4v) is 8.98. The molecule has 8 nitrogen and oxygen atoms in total. The molecule has 0 saturated carbocycles. The molecule has 1 aromatic carbocycles. The van der Waals surface area contributed by atoms with Crippen molar-refractivity contribution in [2.75, 3.05) is 14.1 Å². The number of nitrogens with one attached hydrogen (secondary N) is 1. The molecule has 0 aromatic heterocycles. The van der Waals surface area contributed by atoms with E-state index in [1.807, 2.05) is 13.8 Å². The van der Waals surface area contributed by atoms with Gasteiger partial charge in [-0.25, -0.2) is 13.5 Å². The second-order valence-electron chi connectivity index (χ2n) is 4.76. The van der Waals surface area contributed by atoms with E-state index >= 15 is 0 Å². The van der Waals surface area contributed by atoms with Gasteiger partial charge in [0.15, 0.2) is 0 Å². The second kappa shape index (κ2) is 7.76. The summed E-state index contributed by atoms with van der Waals surface area (Å²) in [5, 5.41) is 13.3. The van der Waals surface area contributed by atoms with Crippen LogP contribution in [-0.2, 0) is 14.6 Å². The normalized spacial score (nSPS) is 16.0. The Morgan fingerprint density at radius 3 is 2.30 bits per heavy atom. The molecule has 0 fully saturated rings. The number of hydrogen-bond donors (Lipinski definition) is 1. The van der Waals surface area contributed by atoms with Gasteiger partial charge in [-0.3, -0.25) is 14.7 Å². The van der Waals surface area contributed by atoms with E-state index in [4.69, 9.17) is 0 Å². The topological polar surface area (TPSA) is 110 Å². The van der Waals surface area contributed by atoms with Crippen LogP contribution in [-0.4, -0.2) is 36.8 Å². The molecule has 2 unspecified atom stereocenters. The van der Waals surface area contributed by atoms with Gasteiger partial charge in [-0.15, -0.1) is 4.08 Å². The van der Waals surface area contributed by atoms with Gasteiger partial charge in [0.2, 0.25) is 10.0 Å². The first kappa shape index (κ1) is 20.1. The SMILES string of the molecule is CCC(C)SP(=O)(NC)N(C)S(=O)(=O)c1ccc([N+](=O)[O-])cc1. The van der Waals surface area contributed by atoms with Crippen LogP contribution in [0.5, 0.6) is 0 Å². The average Bonchev–Trinajstić information content (AvgIpc) is 2.53. The Morgan fingerprint density at radius 1 is 1.39 bits per heavy atom. The van der Waals surface area contributed by atoms with Crippen LogP contribution in [0.4, 0.5) is 5.69 Å². The van der Waals surface area contributed by atoms with Gasteiger partial charge < -0.3 is 0 Å². The van der Waals surface area contributed by atoms with E-state index in [0.29, 0.717) is 0 Å². The molecule has 11 heteroatoms. The molecule has 1 N–H and O–H groups in total. The van der Waals surface area contributed by atoms with Crippen molar-refractivity contribution in [3.05, 3.63) is 34.4 Å². The molecular weight excluding hydrogens is 361 g/mol. The molecule has 0 aliphatic carbocycles. The number of nitro benzene ring substituents is 1. The third-order valence-electron chi connectivity index (χ3n) is 3.24. The lowest BCUT2D eigenvalue weighted by Crippen LogP contribution is -2.28. The van der Waals surface area contributed by atoms with Crippen molar-refractivity contribution >= 4 is 33.7 Å². The fourth-order valence-electron chi connectivity index (χ4n) is 1.61. The smallest absolute Gasteiger partial charge is 0.276 e. The molecule has 0 amide bonds. The molecule has 0 bridgehead atoms. The number of non-ortho nitro benzene ring substituents is 1. The van der Waals surface area contributed by atoms with Crippen molar-refractivity contribution in [1.82, 2.24) is 9.16 Å². The predicted octanol–water partition coefficient (Wildman–Crippen LogP) is 3.07. The zero-order valence-electron chi connectivity index (χ0n) is 13.3. The zero-order chi connectivity index (χ0) is 17.8. The molecule has 1 rings (SSSR count). The van der Waals surface area contributed by atoms with E-state index in [0.717, 1.165) is 46.1 Å². The summed E-state index contributed by atoms with van der Waals surface area (Å²) in [5.41, 5.74) is -0.211. The molecular formula is C12H20N3O5PS2. The Labute approximate surface area is 140 Å². The minimum absolute atomic E-state index is 0.00259. The van der Waals surface area contributed by atoms with Crippen LogP contribution in [0, 0.1) is 10.1 Å². The van der Waals surface area contributed by atoms with Crippen molar-refractivity contribution in [1.29, 1.82) is 0 Å². The van der Waals surface area contributed by atoms with Crippen LogP contribution >= 0.6 is 18.0 Å². The Bertz CT molecular complexity index is 708. The monoisotopic (exact) mass is 381 g/mol. The number of sulfonamides is 1. The summed E-state index contributed by atoms with van der Waals surface area (Å²) in [7, 11) is -1.36. The molecule has 130 valence electrons. The summed E-state index contributed by atoms with van der Waals surface area (Å²) >= 11 is 1.07. The van der Waals surface area contributed by atoms with Crippen LogP contribution in [0.15, 0.2) is 29.2 Å². The Morgan fingerprint density at radius 2 is 1.91 bits per heavy atom. The van der Waals surface area contributed by atoms with Gasteiger partial charge in [-0.1, -0.05) is 25.2 Å². The highest BCUT2D eigenvalue weighted by molar-refractivity contribution is 8.58. The third-order valence-corrected chi connectivity index (χ3v) is 12.0. The van der Waals surface area contributed by atoms with E-state index < -0.39 is 21.6 Å². The van der Waals surface area contributed by atoms with Crippen LogP contribution < -0.4 is 5.09 Å². The first-order valence-electron chi connectivity index (χ1n) is 6.79. The van der Waals surface area contributed by atoms with E-state index in [1.165, 1.54) is 14.1 Å². The first-order valence-corrected chi connectivity index (χ1v) is 11.4. The summed E-state index contributed by atoms with van der Waals surface area (Å²) in [6.07, 6.45) is 0.738. The summed E-state index contributed by atoms with van der Waals surface area (Å²) in [6, 6.07) is 4.48. The van der Waals surface area contributed by atoms with E-state index in [9.17, 15) is 23.1 Å². The van der Waals surface area contributed by atoms with Crippen molar-refractivity contribution in [2.24, 2.45) is 0 Å². The number of nitro groups is 1. The quantitative estimate of drug-likeness (QED) is 0.418. The molecule has 0 spiro atoms. The maximum Gasteiger partial charge on any atom is 0.282 e. The van der Waals surface area contributed by atoms with Crippen LogP contribution in [0.1, 0.15) is 20.3 Å². The Kier molecular flexibility index (Phi) is 6.79. The lowest BCUT2D eigenvalue weighted by atomic mass is 10.3. The summed E-state index contributed by atoms with van der Waals surface area (Å²) in [6.45, 7) is 0.378. The predicted molar refractivity (Wildman–Crippen MR) is 92.1 cm³/mol. The highest BCUT2D eigenvalue weighted by Crippen LogP contribution is 2.60. The molecule has 0 aliphatic rings. The molecule has 0 aliphatic heterocycles. The molecule has 0 heterocycles. The van der Waals surface area contributed by atoms with Gasteiger partial charge in [0.25, 0.3) is 12.3 Å². The highest BCUT2D eigenvalue weighted by atomic mass is 32.7. The molecule has 1 aromatic rings. The van der Waals surface area contributed by atoms with Gasteiger partial charge in [0, 0.05) is 24.4 Å². The Hall–Kier alpha value is -0.930. The first-order chi connectivity index (χ1) is 10.6. The maximum absolute atomic E-state index is 12.9. The van der Waals surface area contributed by atoms with Gasteiger partial charge in [-0.2, -0.15) is 0 Å². The standard InChI is InChI=1S/C12H20N3O5PS2/c1-5-10(2)22-21(18,13-3)14(4)23(19,20)12-8-6-11(7-9-12)15(16)17/h6-10H,5H2,1-4H3,(H,13,18). The average molecular weight is 381 g/mol. The molecule has 0 radical (unpaired) electrons. The van der Waals surface area contributed by atoms with Crippen molar-refractivity contribution in [2.45, 2.75) is 30.4 Å². The number of nitrogens with zero attached hydrogens (tertiary/aromatic N) is 2. The lowest BCUT2D eigenvalue weighted by molar-refractivity contribution is -0.384. The highest BCUT2D eigenvalue weighted by Gasteiger charge is 2.38. The summed E-state index contributed by atoms with van der Waals surface area (Å²) < 4.78 is 39.0. The van der Waals surface area contributed by atoms with E-state index in [2.05, 4.69) is 5.09 Å². The number of rotatable bonds is 8. The largest absolute Gasteiger partial charge is 0.282 e. The minimum atomic E-state index is -4.04. The van der Waals surface area contributed by atoms with E-state index in [-0.39, 0.29) is 15.8 Å². The maximum atomic E-state index is 12.9.